The Kier molecular flexibility index (Phi) is 4.19. The Balaban J connectivity index is 1.86. The fourth-order valence-electron chi connectivity index (χ4n) is 2.74. The average molecular weight is 259 g/mol. The predicted octanol–water partition coefficient (Wildman–Crippen LogP) is 3.30. The molecule has 1 saturated heterocycles. The molecular weight excluding hydrogens is 234 g/mol. The number of thioether (sulfide) groups is 1. The maximum absolute atomic E-state index is 4.56. The van der Waals surface area contributed by atoms with Gasteiger partial charge >= 0.3 is 0 Å². The molecule has 2 rings (SSSR count). The summed E-state index contributed by atoms with van der Waals surface area (Å²) in [6.07, 6.45) is 5.57. The van der Waals surface area contributed by atoms with Crippen molar-refractivity contribution in [3.8, 4) is 0 Å². The minimum Gasteiger partial charge on any atom is -0.302 e. The average Bonchev–Trinajstić information content (AvgIpc) is 2.34. The molecule has 0 amide bonds. The summed E-state index contributed by atoms with van der Waals surface area (Å²) < 4.78 is 0.489. The smallest absolute Gasteiger partial charge is 0.0116 e. The molecule has 0 aromatic heterocycles. The predicted molar refractivity (Wildman–Crippen MR) is 77.7 cm³/mol. The number of rotatable bonds is 3. The lowest BCUT2D eigenvalue weighted by Crippen LogP contribution is -2.44. The van der Waals surface area contributed by atoms with Gasteiger partial charge in [0.05, 0.1) is 0 Å². The first kappa shape index (κ1) is 13.1. The Bertz CT molecular complexity index is 231. The zero-order chi connectivity index (χ0) is 11.6. The van der Waals surface area contributed by atoms with Gasteiger partial charge in [0.25, 0.3) is 0 Å². The summed E-state index contributed by atoms with van der Waals surface area (Å²) in [5.41, 5.74) is 0.572. The molecule has 16 heavy (non-hydrogen) atoms. The SMILES string of the molecule is CC1(C)CCN(CC2(CS)CCC2)CCS1. The fraction of sp³-hybridized carbons (Fsp3) is 1.00. The van der Waals surface area contributed by atoms with Crippen LogP contribution < -0.4 is 0 Å². The third kappa shape index (κ3) is 3.11. The van der Waals surface area contributed by atoms with Gasteiger partial charge in [0.1, 0.15) is 0 Å². The highest BCUT2D eigenvalue weighted by atomic mass is 32.2. The lowest BCUT2D eigenvalue weighted by Gasteiger charge is -2.44. The molecule has 0 aromatic rings. The highest BCUT2D eigenvalue weighted by molar-refractivity contribution is 8.00. The lowest BCUT2D eigenvalue weighted by molar-refractivity contribution is 0.0933. The zero-order valence-electron chi connectivity index (χ0n) is 10.7. The largest absolute Gasteiger partial charge is 0.302 e. The summed E-state index contributed by atoms with van der Waals surface area (Å²) in [6.45, 7) is 8.64. The molecule has 1 heterocycles. The van der Waals surface area contributed by atoms with Crippen LogP contribution in [0, 0.1) is 5.41 Å². The van der Waals surface area contributed by atoms with Crippen LogP contribution in [0.2, 0.25) is 0 Å². The van der Waals surface area contributed by atoms with E-state index in [4.69, 9.17) is 0 Å². The molecule has 2 aliphatic rings. The monoisotopic (exact) mass is 259 g/mol. The van der Waals surface area contributed by atoms with Crippen molar-refractivity contribution in [1.82, 2.24) is 4.90 Å². The molecule has 0 unspecified atom stereocenters. The Hall–Kier alpha value is 0.660. The third-order valence-electron chi connectivity index (χ3n) is 4.24. The van der Waals surface area contributed by atoms with Crippen molar-refractivity contribution in [2.45, 2.75) is 44.3 Å². The molecule has 94 valence electrons. The Labute approximate surface area is 110 Å². The van der Waals surface area contributed by atoms with Crippen molar-refractivity contribution in [1.29, 1.82) is 0 Å². The zero-order valence-corrected chi connectivity index (χ0v) is 12.4. The van der Waals surface area contributed by atoms with Crippen molar-refractivity contribution in [3.05, 3.63) is 0 Å². The maximum Gasteiger partial charge on any atom is 0.0116 e. The summed E-state index contributed by atoms with van der Waals surface area (Å²) in [5.74, 6) is 2.38. The van der Waals surface area contributed by atoms with E-state index in [1.165, 1.54) is 51.1 Å². The third-order valence-corrected chi connectivity index (χ3v) is 6.28. The fourth-order valence-corrected chi connectivity index (χ4v) is 4.29. The second kappa shape index (κ2) is 5.11. The van der Waals surface area contributed by atoms with Crippen LogP contribution in [0.1, 0.15) is 39.5 Å². The molecular formula is C13H25NS2. The Morgan fingerprint density at radius 2 is 1.94 bits per heavy atom. The minimum absolute atomic E-state index is 0.489. The maximum atomic E-state index is 4.56. The van der Waals surface area contributed by atoms with Crippen LogP contribution in [-0.4, -0.2) is 40.8 Å². The molecule has 0 bridgehead atoms. The highest BCUT2D eigenvalue weighted by Crippen LogP contribution is 2.43. The standard InChI is InChI=1S/C13H25NS2/c1-12(2)6-7-14(8-9-16-12)10-13(11-15)4-3-5-13/h15H,3-11H2,1-2H3. The van der Waals surface area contributed by atoms with Gasteiger partial charge in [-0.25, -0.2) is 0 Å². The number of hydrogen-bond donors (Lipinski definition) is 1. The van der Waals surface area contributed by atoms with Crippen LogP contribution >= 0.6 is 24.4 Å². The van der Waals surface area contributed by atoms with Gasteiger partial charge in [0, 0.05) is 23.6 Å². The molecule has 1 nitrogen and oxygen atoms in total. The van der Waals surface area contributed by atoms with E-state index >= 15 is 0 Å². The summed E-state index contributed by atoms with van der Waals surface area (Å²) in [7, 11) is 0. The highest BCUT2D eigenvalue weighted by Gasteiger charge is 2.37. The van der Waals surface area contributed by atoms with Gasteiger partial charge in [-0.15, -0.1) is 0 Å². The first-order valence-corrected chi connectivity index (χ1v) is 8.14. The molecule has 1 aliphatic heterocycles. The molecule has 0 spiro atoms. The number of hydrogen-bond acceptors (Lipinski definition) is 3. The molecule has 0 N–H and O–H groups in total. The molecule has 1 aliphatic carbocycles. The van der Waals surface area contributed by atoms with Crippen molar-refractivity contribution >= 4 is 24.4 Å². The van der Waals surface area contributed by atoms with Crippen LogP contribution in [0.15, 0.2) is 0 Å². The Morgan fingerprint density at radius 1 is 1.19 bits per heavy atom. The Morgan fingerprint density at radius 3 is 2.50 bits per heavy atom. The van der Waals surface area contributed by atoms with Crippen molar-refractivity contribution < 1.29 is 0 Å². The van der Waals surface area contributed by atoms with Gasteiger partial charge in [0.15, 0.2) is 0 Å². The van der Waals surface area contributed by atoms with Gasteiger partial charge in [-0.3, -0.25) is 0 Å². The van der Waals surface area contributed by atoms with Crippen LogP contribution in [0.25, 0.3) is 0 Å². The van der Waals surface area contributed by atoms with Gasteiger partial charge in [-0.1, -0.05) is 20.3 Å². The van der Waals surface area contributed by atoms with Crippen LogP contribution in [0.4, 0.5) is 0 Å². The summed E-state index contributed by atoms with van der Waals surface area (Å²) in [4.78, 5) is 2.69. The second-order valence-corrected chi connectivity index (χ2v) is 8.26. The van der Waals surface area contributed by atoms with E-state index in [0.717, 1.165) is 5.75 Å². The van der Waals surface area contributed by atoms with E-state index in [1.807, 2.05) is 0 Å². The van der Waals surface area contributed by atoms with Crippen LogP contribution in [0.5, 0.6) is 0 Å². The number of thiol groups is 1. The molecule has 0 radical (unpaired) electrons. The van der Waals surface area contributed by atoms with Crippen LogP contribution in [-0.2, 0) is 0 Å². The molecule has 3 heteroatoms. The molecule has 0 atom stereocenters. The van der Waals surface area contributed by atoms with Gasteiger partial charge < -0.3 is 4.90 Å². The van der Waals surface area contributed by atoms with Gasteiger partial charge in [0.2, 0.25) is 0 Å². The van der Waals surface area contributed by atoms with E-state index in [1.54, 1.807) is 0 Å². The first-order chi connectivity index (χ1) is 7.55. The van der Waals surface area contributed by atoms with Crippen molar-refractivity contribution in [2.24, 2.45) is 5.41 Å². The summed E-state index contributed by atoms with van der Waals surface area (Å²) >= 11 is 6.70. The first-order valence-electron chi connectivity index (χ1n) is 6.53. The normalized spacial score (nSPS) is 29.4. The van der Waals surface area contributed by atoms with E-state index in [9.17, 15) is 0 Å². The minimum atomic E-state index is 0.489. The summed E-state index contributed by atoms with van der Waals surface area (Å²) in [5, 5.41) is 0. The van der Waals surface area contributed by atoms with E-state index in [0.29, 0.717) is 10.2 Å². The lowest BCUT2D eigenvalue weighted by atomic mass is 9.70. The van der Waals surface area contributed by atoms with Crippen molar-refractivity contribution in [2.75, 3.05) is 31.1 Å². The molecule has 0 aromatic carbocycles. The van der Waals surface area contributed by atoms with Crippen LogP contribution in [0.3, 0.4) is 0 Å². The topological polar surface area (TPSA) is 3.24 Å². The van der Waals surface area contributed by atoms with E-state index in [-0.39, 0.29) is 0 Å². The van der Waals surface area contributed by atoms with Gasteiger partial charge in [-0.2, -0.15) is 24.4 Å². The molecule has 1 saturated carbocycles. The van der Waals surface area contributed by atoms with Crippen molar-refractivity contribution in [3.63, 3.8) is 0 Å². The molecule has 2 fully saturated rings. The quantitative estimate of drug-likeness (QED) is 0.775. The van der Waals surface area contributed by atoms with E-state index < -0.39 is 0 Å². The van der Waals surface area contributed by atoms with E-state index in [2.05, 4.69) is 43.1 Å². The van der Waals surface area contributed by atoms with Gasteiger partial charge in [-0.05, 0) is 37.0 Å². The second-order valence-electron chi connectivity index (χ2n) is 6.15. The number of nitrogens with zero attached hydrogens (tertiary/aromatic N) is 1. The summed E-state index contributed by atoms with van der Waals surface area (Å²) in [6, 6.07) is 0.